The second kappa shape index (κ2) is 9.26. The van der Waals surface area contributed by atoms with Gasteiger partial charge in [-0.05, 0) is 54.8 Å². The molecule has 6 nitrogen and oxygen atoms in total. The number of anilines is 1. The van der Waals surface area contributed by atoms with Gasteiger partial charge in [0.2, 0.25) is 17.7 Å². The van der Waals surface area contributed by atoms with Crippen LogP contribution in [0.25, 0.3) is 6.08 Å². The Hall–Kier alpha value is -2.93. The molecule has 2 aromatic rings. The van der Waals surface area contributed by atoms with Gasteiger partial charge in [0.05, 0.1) is 12.5 Å². The summed E-state index contributed by atoms with van der Waals surface area (Å²) in [4.78, 5) is 36.3. The SMILES string of the molecule is CCC1(c2ccc(NC(=O)/C=C/c3cc(Br)ccc3OC)cc2)CCC(=O)NC1=O. The Labute approximate surface area is 183 Å². The van der Waals surface area contributed by atoms with Crippen LogP contribution in [0.15, 0.2) is 53.0 Å². The third-order valence-electron chi connectivity index (χ3n) is 5.38. The second-order valence-corrected chi connectivity index (χ2v) is 8.01. The minimum Gasteiger partial charge on any atom is -0.496 e. The summed E-state index contributed by atoms with van der Waals surface area (Å²) in [6, 6.07) is 12.7. The maximum absolute atomic E-state index is 12.5. The van der Waals surface area contributed by atoms with Gasteiger partial charge in [-0.2, -0.15) is 0 Å². The van der Waals surface area contributed by atoms with Gasteiger partial charge in [0.15, 0.2) is 0 Å². The number of amides is 3. The number of hydrogen-bond acceptors (Lipinski definition) is 4. The van der Waals surface area contributed by atoms with Crippen LogP contribution >= 0.6 is 15.9 Å². The van der Waals surface area contributed by atoms with E-state index in [9.17, 15) is 14.4 Å². The molecule has 1 heterocycles. The molecule has 7 heteroatoms. The topological polar surface area (TPSA) is 84.5 Å². The molecule has 0 aliphatic carbocycles. The Kier molecular flexibility index (Phi) is 6.72. The zero-order valence-electron chi connectivity index (χ0n) is 16.8. The first-order valence-electron chi connectivity index (χ1n) is 9.65. The number of imide groups is 1. The van der Waals surface area contributed by atoms with Gasteiger partial charge in [0, 0.05) is 28.2 Å². The van der Waals surface area contributed by atoms with E-state index >= 15 is 0 Å². The molecule has 0 bridgehead atoms. The van der Waals surface area contributed by atoms with E-state index in [0.29, 0.717) is 30.7 Å². The number of nitrogens with one attached hydrogen (secondary N) is 2. The summed E-state index contributed by atoms with van der Waals surface area (Å²) in [6.45, 7) is 1.94. The fraction of sp³-hybridized carbons (Fsp3) is 0.261. The summed E-state index contributed by atoms with van der Waals surface area (Å²) in [5, 5.41) is 5.25. The lowest BCUT2D eigenvalue weighted by Gasteiger charge is -2.35. The molecule has 2 aromatic carbocycles. The molecular weight excluding hydrogens is 448 g/mol. The van der Waals surface area contributed by atoms with Gasteiger partial charge in [-0.15, -0.1) is 0 Å². The molecule has 1 unspecified atom stereocenters. The van der Waals surface area contributed by atoms with E-state index in [2.05, 4.69) is 26.6 Å². The van der Waals surface area contributed by atoms with Gasteiger partial charge < -0.3 is 10.1 Å². The van der Waals surface area contributed by atoms with Crippen molar-refractivity contribution in [3.05, 3.63) is 64.1 Å². The summed E-state index contributed by atoms with van der Waals surface area (Å²) in [5.41, 5.74) is 1.52. The normalized spacial score (nSPS) is 18.9. The molecule has 30 heavy (non-hydrogen) atoms. The van der Waals surface area contributed by atoms with E-state index in [1.807, 2.05) is 37.3 Å². The van der Waals surface area contributed by atoms with Crippen LogP contribution in [0.1, 0.15) is 37.3 Å². The lowest BCUT2D eigenvalue weighted by atomic mass is 9.72. The minimum absolute atomic E-state index is 0.234. The highest BCUT2D eigenvalue weighted by Crippen LogP contribution is 2.36. The first kappa shape index (κ1) is 21.8. The average molecular weight is 471 g/mol. The van der Waals surface area contributed by atoms with E-state index in [4.69, 9.17) is 4.74 Å². The van der Waals surface area contributed by atoms with Crippen LogP contribution in [0.3, 0.4) is 0 Å². The highest BCUT2D eigenvalue weighted by Gasteiger charge is 2.42. The fourth-order valence-corrected chi connectivity index (χ4v) is 4.00. The van der Waals surface area contributed by atoms with Crippen LogP contribution < -0.4 is 15.4 Å². The Morgan fingerprint density at radius 1 is 1.23 bits per heavy atom. The number of rotatable bonds is 6. The van der Waals surface area contributed by atoms with Gasteiger partial charge in [0.25, 0.3) is 0 Å². The molecule has 0 radical (unpaired) electrons. The van der Waals surface area contributed by atoms with Gasteiger partial charge in [-0.1, -0.05) is 35.0 Å². The summed E-state index contributed by atoms with van der Waals surface area (Å²) in [6.07, 6.45) is 4.52. The third-order valence-corrected chi connectivity index (χ3v) is 5.87. The van der Waals surface area contributed by atoms with Crippen molar-refractivity contribution in [2.45, 2.75) is 31.6 Å². The average Bonchev–Trinajstić information content (AvgIpc) is 2.73. The summed E-state index contributed by atoms with van der Waals surface area (Å²) < 4.78 is 6.19. The van der Waals surface area contributed by atoms with E-state index in [1.54, 1.807) is 25.3 Å². The molecule has 3 rings (SSSR count). The maximum atomic E-state index is 12.5. The standard InChI is InChI=1S/C23H23BrN2O4/c1-3-23(13-12-21(28)26-22(23)29)16-5-8-18(9-6-16)25-20(27)11-4-15-14-17(24)7-10-19(15)30-2/h4-11,14H,3,12-13H2,1-2H3,(H,25,27)(H,26,28,29)/b11-4+. The number of hydrogen-bond donors (Lipinski definition) is 2. The van der Waals surface area contributed by atoms with Crippen molar-refractivity contribution in [3.8, 4) is 5.75 Å². The van der Waals surface area contributed by atoms with E-state index in [0.717, 1.165) is 15.6 Å². The molecule has 0 saturated carbocycles. The minimum atomic E-state index is -0.715. The molecule has 1 saturated heterocycles. The predicted molar refractivity (Wildman–Crippen MR) is 119 cm³/mol. The van der Waals surface area contributed by atoms with Crippen molar-refractivity contribution >= 4 is 45.4 Å². The Morgan fingerprint density at radius 3 is 2.60 bits per heavy atom. The van der Waals surface area contributed by atoms with Crippen molar-refractivity contribution in [2.75, 3.05) is 12.4 Å². The lowest BCUT2D eigenvalue weighted by Crippen LogP contribution is -2.51. The van der Waals surface area contributed by atoms with Gasteiger partial charge >= 0.3 is 0 Å². The van der Waals surface area contributed by atoms with Crippen LogP contribution in [0, 0.1) is 0 Å². The number of carbonyl (C=O) groups is 3. The van der Waals surface area contributed by atoms with Crippen LogP contribution in [0.2, 0.25) is 0 Å². The highest BCUT2D eigenvalue weighted by molar-refractivity contribution is 9.10. The van der Waals surface area contributed by atoms with Crippen molar-refractivity contribution in [1.82, 2.24) is 5.32 Å². The van der Waals surface area contributed by atoms with E-state index < -0.39 is 5.41 Å². The monoisotopic (exact) mass is 470 g/mol. The molecular formula is C23H23BrN2O4. The largest absolute Gasteiger partial charge is 0.496 e. The highest BCUT2D eigenvalue weighted by atomic mass is 79.9. The van der Waals surface area contributed by atoms with Gasteiger partial charge in [-0.3, -0.25) is 19.7 Å². The number of carbonyl (C=O) groups excluding carboxylic acids is 3. The maximum Gasteiger partial charge on any atom is 0.248 e. The molecule has 2 N–H and O–H groups in total. The molecule has 0 spiro atoms. The van der Waals surface area contributed by atoms with Crippen molar-refractivity contribution < 1.29 is 19.1 Å². The molecule has 3 amide bonds. The zero-order valence-corrected chi connectivity index (χ0v) is 18.4. The van der Waals surface area contributed by atoms with Crippen molar-refractivity contribution in [2.24, 2.45) is 0 Å². The smallest absolute Gasteiger partial charge is 0.248 e. The number of methoxy groups -OCH3 is 1. The lowest BCUT2D eigenvalue weighted by molar-refractivity contribution is -0.138. The Bertz CT molecular complexity index is 1000. The number of ether oxygens (including phenoxy) is 1. The number of piperidine rings is 1. The molecule has 156 valence electrons. The summed E-state index contributed by atoms with van der Waals surface area (Å²) in [5.74, 6) is -0.109. The Morgan fingerprint density at radius 2 is 1.97 bits per heavy atom. The first-order chi connectivity index (χ1) is 14.4. The Balaban J connectivity index is 1.71. The molecule has 0 aromatic heterocycles. The second-order valence-electron chi connectivity index (χ2n) is 7.10. The van der Waals surface area contributed by atoms with Crippen LogP contribution in [0.4, 0.5) is 5.69 Å². The summed E-state index contributed by atoms with van der Waals surface area (Å²) in [7, 11) is 1.58. The summed E-state index contributed by atoms with van der Waals surface area (Å²) >= 11 is 3.41. The first-order valence-corrected chi connectivity index (χ1v) is 10.4. The third kappa shape index (κ3) is 4.62. The van der Waals surface area contributed by atoms with Gasteiger partial charge in [0.1, 0.15) is 5.75 Å². The van der Waals surface area contributed by atoms with Crippen LogP contribution in [-0.4, -0.2) is 24.8 Å². The van der Waals surface area contributed by atoms with E-state index in [1.165, 1.54) is 6.08 Å². The number of halogens is 1. The molecule has 1 atom stereocenters. The van der Waals surface area contributed by atoms with Gasteiger partial charge in [-0.25, -0.2) is 0 Å². The van der Waals surface area contributed by atoms with Crippen molar-refractivity contribution in [3.63, 3.8) is 0 Å². The van der Waals surface area contributed by atoms with Crippen LogP contribution in [0.5, 0.6) is 5.75 Å². The molecule has 1 aliphatic heterocycles. The number of benzene rings is 2. The van der Waals surface area contributed by atoms with Crippen molar-refractivity contribution in [1.29, 1.82) is 0 Å². The quantitative estimate of drug-likeness (QED) is 0.489. The zero-order chi connectivity index (χ0) is 21.7. The predicted octanol–water partition coefficient (Wildman–Crippen LogP) is 4.19. The molecule has 1 aliphatic rings. The fourth-order valence-electron chi connectivity index (χ4n) is 3.62. The van der Waals surface area contributed by atoms with E-state index in [-0.39, 0.29) is 17.7 Å². The van der Waals surface area contributed by atoms with Crippen LogP contribution in [-0.2, 0) is 19.8 Å². The molecule has 1 fully saturated rings.